The van der Waals surface area contributed by atoms with Crippen LogP contribution in [0.2, 0.25) is 0 Å². The van der Waals surface area contributed by atoms with Gasteiger partial charge in [-0.3, -0.25) is 9.88 Å². The maximum absolute atomic E-state index is 11.5. The second-order valence-corrected chi connectivity index (χ2v) is 5.39. The van der Waals surface area contributed by atoms with E-state index in [4.69, 9.17) is 4.74 Å². The molecule has 0 bridgehead atoms. The van der Waals surface area contributed by atoms with E-state index in [0.29, 0.717) is 6.04 Å². The Labute approximate surface area is 118 Å². The van der Waals surface area contributed by atoms with Gasteiger partial charge in [-0.15, -0.1) is 0 Å². The van der Waals surface area contributed by atoms with Crippen LogP contribution in [0.1, 0.15) is 29.8 Å². The van der Waals surface area contributed by atoms with Crippen LogP contribution < -0.4 is 4.90 Å². The minimum atomic E-state index is -0.435. The number of nitrogens with zero attached hydrogens (tertiary/aromatic N) is 4. The molecule has 2 aliphatic heterocycles. The monoisotopic (exact) mass is 276 g/mol. The predicted molar refractivity (Wildman–Crippen MR) is 74.8 cm³/mol. The fourth-order valence-corrected chi connectivity index (χ4v) is 3.08. The van der Waals surface area contributed by atoms with Crippen LogP contribution in [0.25, 0.3) is 0 Å². The number of piperazine rings is 1. The number of ether oxygens (including phenoxy) is 1. The molecular weight excluding hydrogens is 256 g/mol. The van der Waals surface area contributed by atoms with Gasteiger partial charge in [0.15, 0.2) is 5.69 Å². The van der Waals surface area contributed by atoms with Gasteiger partial charge in [-0.05, 0) is 19.4 Å². The Kier molecular flexibility index (Phi) is 3.82. The van der Waals surface area contributed by atoms with Crippen LogP contribution in [-0.2, 0) is 4.74 Å². The highest BCUT2D eigenvalue weighted by molar-refractivity contribution is 5.87. The van der Waals surface area contributed by atoms with E-state index in [0.717, 1.165) is 25.5 Å². The lowest BCUT2D eigenvalue weighted by Crippen LogP contribution is -2.55. The normalized spacial score (nSPS) is 23.2. The van der Waals surface area contributed by atoms with Crippen LogP contribution in [0.5, 0.6) is 0 Å². The van der Waals surface area contributed by atoms with Crippen molar-refractivity contribution < 1.29 is 9.53 Å². The van der Waals surface area contributed by atoms with E-state index in [-0.39, 0.29) is 5.69 Å². The summed E-state index contributed by atoms with van der Waals surface area (Å²) in [5, 5.41) is 0. The lowest BCUT2D eigenvalue weighted by atomic mass is 9.99. The van der Waals surface area contributed by atoms with Crippen molar-refractivity contribution in [1.82, 2.24) is 14.9 Å². The number of methoxy groups -OCH3 is 1. The highest BCUT2D eigenvalue weighted by Gasteiger charge is 2.29. The predicted octanol–water partition coefficient (Wildman–Crippen LogP) is 0.938. The number of anilines is 1. The van der Waals surface area contributed by atoms with Crippen LogP contribution in [0, 0.1) is 0 Å². The van der Waals surface area contributed by atoms with E-state index >= 15 is 0 Å². The smallest absolute Gasteiger partial charge is 0.358 e. The molecule has 2 saturated heterocycles. The molecule has 3 rings (SSSR count). The highest BCUT2D eigenvalue weighted by atomic mass is 16.5. The van der Waals surface area contributed by atoms with Crippen LogP contribution in [-0.4, -0.2) is 60.2 Å². The Morgan fingerprint density at radius 1 is 1.30 bits per heavy atom. The number of aromatic nitrogens is 2. The van der Waals surface area contributed by atoms with Crippen LogP contribution in [0.4, 0.5) is 5.82 Å². The molecule has 0 aliphatic carbocycles. The fraction of sp³-hybridized carbons (Fsp3) is 0.643. The summed E-state index contributed by atoms with van der Waals surface area (Å²) in [5.41, 5.74) is 0.274. The second kappa shape index (κ2) is 5.75. The van der Waals surface area contributed by atoms with E-state index in [2.05, 4.69) is 19.8 Å². The summed E-state index contributed by atoms with van der Waals surface area (Å²) in [4.78, 5) is 24.8. The van der Waals surface area contributed by atoms with Crippen LogP contribution >= 0.6 is 0 Å². The number of fused-ring (bicyclic) bond motifs is 1. The first-order valence-corrected chi connectivity index (χ1v) is 7.17. The number of hydrogen-bond donors (Lipinski definition) is 0. The number of rotatable bonds is 2. The first kappa shape index (κ1) is 13.3. The second-order valence-electron chi connectivity index (χ2n) is 5.39. The molecule has 0 aromatic carbocycles. The topological polar surface area (TPSA) is 58.6 Å². The number of carbonyl (C=O) groups is 1. The molecule has 108 valence electrons. The summed E-state index contributed by atoms with van der Waals surface area (Å²) in [5.74, 6) is 0.341. The van der Waals surface area contributed by atoms with Crippen LogP contribution in [0.15, 0.2) is 12.4 Å². The average molecular weight is 276 g/mol. The van der Waals surface area contributed by atoms with Crippen molar-refractivity contribution in [3.63, 3.8) is 0 Å². The number of hydrogen-bond acceptors (Lipinski definition) is 6. The summed E-state index contributed by atoms with van der Waals surface area (Å²) >= 11 is 0. The third-order valence-electron chi connectivity index (χ3n) is 4.18. The van der Waals surface area contributed by atoms with Gasteiger partial charge < -0.3 is 9.64 Å². The summed E-state index contributed by atoms with van der Waals surface area (Å²) in [6, 6.07) is 0.612. The zero-order valence-electron chi connectivity index (χ0n) is 11.8. The van der Waals surface area contributed by atoms with E-state index in [1.165, 1.54) is 39.1 Å². The molecule has 1 aromatic rings. The van der Waals surface area contributed by atoms with Crippen LogP contribution in [0.3, 0.4) is 0 Å². The molecule has 0 saturated carbocycles. The lowest BCUT2D eigenvalue weighted by molar-refractivity contribution is 0.0593. The van der Waals surface area contributed by atoms with Crippen molar-refractivity contribution in [3.8, 4) is 0 Å². The first-order valence-electron chi connectivity index (χ1n) is 7.17. The van der Waals surface area contributed by atoms with Gasteiger partial charge in [-0.25, -0.2) is 9.78 Å². The standard InChI is InChI=1S/C14H20N4O2/c1-20-14(19)12-8-15-9-13(16-12)18-7-6-17-5-3-2-4-11(17)10-18/h8-9,11H,2-7,10H2,1H3/t11-/m1/s1. The third kappa shape index (κ3) is 2.60. The fourth-order valence-electron chi connectivity index (χ4n) is 3.08. The maximum atomic E-state index is 11.5. The van der Waals surface area contributed by atoms with Crippen molar-refractivity contribution in [2.24, 2.45) is 0 Å². The summed E-state index contributed by atoms with van der Waals surface area (Å²) < 4.78 is 4.70. The molecule has 20 heavy (non-hydrogen) atoms. The van der Waals surface area contributed by atoms with Crippen molar-refractivity contribution in [2.75, 3.05) is 38.2 Å². The van der Waals surface area contributed by atoms with Gasteiger partial charge in [-0.2, -0.15) is 0 Å². The quantitative estimate of drug-likeness (QED) is 0.749. The van der Waals surface area contributed by atoms with Crippen molar-refractivity contribution in [1.29, 1.82) is 0 Å². The Hall–Kier alpha value is -1.69. The van der Waals surface area contributed by atoms with Crippen molar-refractivity contribution in [2.45, 2.75) is 25.3 Å². The van der Waals surface area contributed by atoms with Gasteiger partial charge in [-0.1, -0.05) is 6.42 Å². The molecule has 0 amide bonds. The molecule has 0 spiro atoms. The molecule has 0 unspecified atom stereocenters. The Morgan fingerprint density at radius 2 is 2.20 bits per heavy atom. The van der Waals surface area contributed by atoms with Gasteiger partial charge in [0.1, 0.15) is 5.82 Å². The van der Waals surface area contributed by atoms with Gasteiger partial charge >= 0.3 is 5.97 Å². The maximum Gasteiger partial charge on any atom is 0.358 e. The van der Waals surface area contributed by atoms with Crippen molar-refractivity contribution in [3.05, 3.63) is 18.1 Å². The molecule has 3 heterocycles. The first-order chi connectivity index (χ1) is 9.78. The molecular formula is C14H20N4O2. The van der Waals surface area contributed by atoms with Gasteiger partial charge in [0.05, 0.1) is 19.5 Å². The Bertz CT molecular complexity index is 494. The molecule has 6 nitrogen and oxygen atoms in total. The lowest BCUT2D eigenvalue weighted by Gasteiger charge is -2.44. The molecule has 6 heteroatoms. The SMILES string of the molecule is COC(=O)c1cncc(N2CCN3CCCC[C@@H]3C2)n1. The van der Waals surface area contributed by atoms with Gasteiger partial charge in [0, 0.05) is 25.7 Å². The largest absolute Gasteiger partial charge is 0.464 e. The minimum absolute atomic E-state index is 0.274. The molecule has 2 aliphatic rings. The molecule has 1 atom stereocenters. The van der Waals surface area contributed by atoms with E-state index in [9.17, 15) is 4.79 Å². The van der Waals surface area contributed by atoms with E-state index in [1.54, 1.807) is 6.20 Å². The molecule has 1 aromatic heterocycles. The number of carbonyl (C=O) groups excluding carboxylic acids is 1. The highest BCUT2D eigenvalue weighted by Crippen LogP contribution is 2.23. The summed E-state index contributed by atoms with van der Waals surface area (Å²) in [6.07, 6.45) is 7.05. The van der Waals surface area contributed by atoms with Gasteiger partial charge in [0.2, 0.25) is 0 Å². The Balaban J connectivity index is 1.74. The minimum Gasteiger partial charge on any atom is -0.464 e. The Morgan fingerprint density at radius 3 is 3.05 bits per heavy atom. The summed E-state index contributed by atoms with van der Waals surface area (Å²) in [7, 11) is 1.36. The molecule has 2 fully saturated rings. The third-order valence-corrected chi connectivity index (χ3v) is 4.18. The van der Waals surface area contributed by atoms with E-state index in [1.807, 2.05) is 0 Å². The number of piperidine rings is 1. The average Bonchev–Trinajstić information content (AvgIpc) is 2.53. The van der Waals surface area contributed by atoms with Crippen molar-refractivity contribution >= 4 is 11.8 Å². The zero-order chi connectivity index (χ0) is 13.9. The zero-order valence-corrected chi connectivity index (χ0v) is 11.8. The molecule has 0 radical (unpaired) electrons. The van der Waals surface area contributed by atoms with Gasteiger partial charge in [0.25, 0.3) is 0 Å². The van der Waals surface area contributed by atoms with E-state index < -0.39 is 5.97 Å². The molecule has 0 N–H and O–H groups in total. The number of esters is 1. The summed E-state index contributed by atoms with van der Waals surface area (Å²) in [6.45, 7) is 4.19.